The van der Waals surface area contributed by atoms with E-state index in [1.54, 1.807) is 11.3 Å². The van der Waals surface area contributed by atoms with Gasteiger partial charge in [0.1, 0.15) is 0 Å². The van der Waals surface area contributed by atoms with Gasteiger partial charge >= 0.3 is 0 Å². The van der Waals surface area contributed by atoms with Crippen LogP contribution in [0.5, 0.6) is 0 Å². The number of hydrogen-bond donors (Lipinski definition) is 1. The molecule has 0 atom stereocenters. The molecule has 0 aliphatic carbocycles. The number of carbonyl (C=O) groups is 1. The van der Waals surface area contributed by atoms with Crippen molar-refractivity contribution in [2.75, 3.05) is 5.75 Å². The van der Waals surface area contributed by atoms with Crippen molar-refractivity contribution in [3.8, 4) is 0 Å². The van der Waals surface area contributed by atoms with Crippen LogP contribution in [0, 0.1) is 0 Å². The predicted octanol–water partition coefficient (Wildman–Crippen LogP) is 4.83. The van der Waals surface area contributed by atoms with E-state index < -0.39 is 0 Å². The molecule has 0 spiro atoms. The van der Waals surface area contributed by atoms with Gasteiger partial charge in [-0.3, -0.25) is 4.79 Å². The molecule has 3 aromatic rings. The minimum absolute atomic E-state index is 0.0344. The molecule has 0 saturated heterocycles. The summed E-state index contributed by atoms with van der Waals surface area (Å²) < 4.78 is 2.10. The molecule has 2 aromatic carbocycles. The molecular formula is C19H20N2OS2. The van der Waals surface area contributed by atoms with Gasteiger partial charge in [0.15, 0.2) is 4.34 Å². The Morgan fingerprint density at radius 2 is 1.92 bits per heavy atom. The van der Waals surface area contributed by atoms with Crippen molar-refractivity contribution in [2.24, 2.45) is 0 Å². The second-order valence-corrected chi connectivity index (χ2v) is 8.16. The zero-order valence-electron chi connectivity index (χ0n) is 13.8. The SMILES string of the molecule is CC(C)c1ccc(CNC(=O)CSc2nc3ccccc3s2)cc1. The van der Waals surface area contributed by atoms with E-state index in [9.17, 15) is 4.79 Å². The maximum Gasteiger partial charge on any atom is 0.230 e. The standard InChI is InChI=1S/C19H20N2OS2/c1-13(2)15-9-7-14(8-10-15)11-20-18(22)12-23-19-21-16-5-3-4-6-17(16)24-19/h3-10,13H,11-12H2,1-2H3,(H,20,22). The molecule has 0 radical (unpaired) electrons. The van der Waals surface area contributed by atoms with E-state index in [4.69, 9.17) is 0 Å². The van der Waals surface area contributed by atoms with E-state index in [-0.39, 0.29) is 5.91 Å². The topological polar surface area (TPSA) is 42.0 Å². The van der Waals surface area contributed by atoms with Crippen molar-refractivity contribution in [2.45, 2.75) is 30.6 Å². The van der Waals surface area contributed by atoms with E-state index in [2.05, 4.69) is 54.5 Å². The Bertz CT molecular complexity index is 792. The lowest BCUT2D eigenvalue weighted by atomic mass is 10.0. The number of amides is 1. The fraction of sp³-hybridized carbons (Fsp3) is 0.263. The molecule has 1 N–H and O–H groups in total. The second kappa shape index (κ2) is 7.81. The third-order valence-electron chi connectivity index (χ3n) is 3.74. The van der Waals surface area contributed by atoms with Crippen molar-refractivity contribution in [1.82, 2.24) is 10.3 Å². The molecule has 0 aliphatic heterocycles. The zero-order chi connectivity index (χ0) is 16.9. The highest BCUT2D eigenvalue weighted by molar-refractivity contribution is 8.01. The Kier molecular flexibility index (Phi) is 5.53. The van der Waals surface area contributed by atoms with Crippen LogP contribution in [0.25, 0.3) is 10.2 Å². The summed E-state index contributed by atoms with van der Waals surface area (Å²) in [6.07, 6.45) is 0. The van der Waals surface area contributed by atoms with Gasteiger partial charge in [-0.15, -0.1) is 11.3 Å². The summed E-state index contributed by atoms with van der Waals surface area (Å²) in [6, 6.07) is 16.4. The summed E-state index contributed by atoms with van der Waals surface area (Å²) in [5.74, 6) is 0.954. The van der Waals surface area contributed by atoms with Gasteiger partial charge in [-0.05, 0) is 29.2 Å². The Labute approximate surface area is 150 Å². The molecule has 24 heavy (non-hydrogen) atoms. The number of nitrogens with one attached hydrogen (secondary N) is 1. The summed E-state index contributed by atoms with van der Waals surface area (Å²) in [4.78, 5) is 16.6. The highest BCUT2D eigenvalue weighted by atomic mass is 32.2. The first-order valence-electron chi connectivity index (χ1n) is 7.96. The lowest BCUT2D eigenvalue weighted by Crippen LogP contribution is -2.24. The molecule has 0 fully saturated rings. The average Bonchev–Trinajstić information content (AvgIpc) is 3.01. The van der Waals surface area contributed by atoms with Gasteiger partial charge in [-0.1, -0.05) is 62.0 Å². The molecule has 0 bridgehead atoms. The zero-order valence-corrected chi connectivity index (χ0v) is 15.4. The first kappa shape index (κ1) is 17.0. The van der Waals surface area contributed by atoms with Crippen LogP contribution in [-0.4, -0.2) is 16.6 Å². The normalized spacial score (nSPS) is 11.1. The minimum Gasteiger partial charge on any atom is -0.351 e. The van der Waals surface area contributed by atoms with E-state index in [1.165, 1.54) is 17.3 Å². The van der Waals surface area contributed by atoms with Crippen LogP contribution >= 0.6 is 23.1 Å². The fourth-order valence-corrected chi connectivity index (χ4v) is 4.21. The summed E-state index contributed by atoms with van der Waals surface area (Å²) >= 11 is 3.12. The second-order valence-electron chi connectivity index (χ2n) is 5.91. The quantitative estimate of drug-likeness (QED) is 0.643. The minimum atomic E-state index is 0.0344. The average molecular weight is 357 g/mol. The van der Waals surface area contributed by atoms with Crippen molar-refractivity contribution >= 4 is 39.2 Å². The molecule has 1 aromatic heterocycles. The number of hydrogen-bond acceptors (Lipinski definition) is 4. The Morgan fingerprint density at radius 3 is 2.62 bits per heavy atom. The third-order valence-corrected chi connectivity index (χ3v) is 5.92. The third kappa shape index (κ3) is 4.36. The number of aromatic nitrogens is 1. The summed E-state index contributed by atoms with van der Waals surface area (Å²) in [7, 11) is 0. The smallest absolute Gasteiger partial charge is 0.230 e. The lowest BCUT2D eigenvalue weighted by Gasteiger charge is -2.08. The molecule has 1 heterocycles. The van der Waals surface area contributed by atoms with Gasteiger partial charge in [-0.25, -0.2) is 4.98 Å². The molecular weight excluding hydrogens is 336 g/mol. The van der Waals surface area contributed by atoms with Gasteiger partial charge in [0.2, 0.25) is 5.91 Å². The maximum atomic E-state index is 12.0. The van der Waals surface area contributed by atoms with Crippen LogP contribution in [0.2, 0.25) is 0 Å². The van der Waals surface area contributed by atoms with Crippen LogP contribution in [0.4, 0.5) is 0 Å². The molecule has 1 amide bonds. The number of thiazole rings is 1. The molecule has 124 valence electrons. The Morgan fingerprint density at radius 1 is 1.17 bits per heavy atom. The number of para-hydroxylation sites is 1. The highest BCUT2D eigenvalue weighted by Gasteiger charge is 2.07. The molecule has 0 saturated carbocycles. The van der Waals surface area contributed by atoms with Crippen LogP contribution in [0.1, 0.15) is 30.9 Å². The van der Waals surface area contributed by atoms with Crippen LogP contribution in [0.3, 0.4) is 0 Å². The molecule has 3 nitrogen and oxygen atoms in total. The van der Waals surface area contributed by atoms with Gasteiger partial charge in [0, 0.05) is 6.54 Å². The van der Waals surface area contributed by atoms with E-state index in [1.807, 2.05) is 18.2 Å². The molecule has 3 rings (SSSR count). The Hall–Kier alpha value is -1.85. The summed E-state index contributed by atoms with van der Waals surface area (Å²) in [5, 5.41) is 2.97. The van der Waals surface area contributed by atoms with Crippen molar-refractivity contribution in [1.29, 1.82) is 0 Å². The van der Waals surface area contributed by atoms with Crippen molar-refractivity contribution in [3.05, 3.63) is 59.7 Å². The van der Waals surface area contributed by atoms with Crippen molar-refractivity contribution < 1.29 is 4.79 Å². The number of rotatable bonds is 6. The molecule has 0 aliphatic rings. The van der Waals surface area contributed by atoms with E-state index in [0.717, 1.165) is 20.1 Å². The summed E-state index contributed by atoms with van der Waals surface area (Å²) in [5.41, 5.74) is 3.44. The number of benzene rings is 2. The van der Waals surface area contributed by atoms with Crippen LogP contribution < -0.4 is 5.32 Å². The number of thioether (sulfide) groups is 1. The van der Waals surface area contributed by atoms with Gasteiger partial charge < -0.3 is 5.32 Å². The van der Waals surface area contributed by atoms with Gasteiger partial charge in [0.25, 0.3) is 0 Å². The summed E-state index contributed by atoms with van der Waals surface area (Å²) in [6.45, 7) is 4.92. The van der Waals surface area contributed by atoms with Crippen molar-refractivity contribution in [3.63, 3.8) is 0 Å². The van der Waals surface area contributed by atoms with Gasteiger partial charge in [0.05, 0.1) is 16.0 Å². The maximum absolute atomic E-state index is 12.0. The molecule has 0 unspecified atom stereocenters. The van der Waals surface area contributed by atoms with E-state index >= 15 is 0 Å². The predicted molar refractivity (Wildman–Crippen MR) is 103 cm³/mol. The monoisotopic (exact) mass is 356 g/mol. The highest BCUT2D eigenvalue weighted by Crippen LogP contribution is 2.29. The van der Waals surface area contributed by atoms with Gasteiger partial charge in [-0.2, -0.15) is 0 Å². The largest absolute Gasteiger partial charge is 0.351 e. The number of nitrogens with zero attached hydrogens (tertiary/aromatic N) is 1. The fourth-order valence-electron chi connectivity index (χ4n) is 2.31. The Balaban J connectivity index is 1.48. The number of fused-ring (bicyclic) bond motifs is 1. The van der Waals surface area contributed by atoms with Crippen LogP contribution in [0.15, 0.2) is 52.9 Å². The first-order valence-corrected chi connectivity index (χ1v) is 9.76. The van der Waals surface area contributed by atoms with E-state index in [0.29, 0.717) is 18.2 Å². The molecule has 5 heteroatoms. The lowest BCUT2D eigenvalue weighted by molar-refractivity contribution is -0.118. The number of carbonyl (C=O) groups excluding carboxylic acids is 1. The van der Waals surface area contributed by atoms with Crippen LogP contribution in [-0.2, 0) is 11.3 Å². The first-order chi connectivity index (χ1) is 11.6.